The fraction of sp³-hybridized carbons (Fsp3) is 0.455. The summed E-state index contributed by atoms with van der Waals surface area (Å²) in [5.74, 6) is 0. The number of hydrogen-bond donors (Lipinski definition) is 0. The first-order valence-corrected chi connectivity index (χ1v) is 10.4. The highest BCUT2D eigenvalue weighted by atomic mass is 32.1. The summed E-state index contributed by atoms with van der Waals surface area (Å²) in [6.07, 6.45) is 6.64. The Hall–Kier alpha value is -1.74. The Labute approximate surface area is 154 Å². The first-order valence-electron chi connectivity index (χ1n) is 9.56. The van der Waals surface area contributed by atoms with Gasteiger partial charge in [-0.05, 0) is 49.8 Å². The van der Waals surface area contributed by atoms with Crippen molar-refractivity contribution in [1.29, 1.82) is 0 Å². The van der Waals surface area contributed by atoms with Crippen LogP contribution in [0.25, 0.3) is 10.2 Å². The Morgan fingerprint density at radius 2 is 1.84 bits per heavy atom. The molecule has 1 aliphatic heterocycles. The van der Waals surface area contributed by atoms with E-state index < -0.39 is 0 Å². The second-order valence-electron chi connectivity index (χ2n) is 7.88. The Morgan fingerprint density at radius 1 is 1.08 bits per heavy atom. The molecule has 1 saturated carbocycles. The zero-order valence-electron chi connectivity index (χ0n) is 15.4. The highest BCUT2D eigenvalue weighted by Crippen LogP contribution is 2.58. The SMILES string of the molecule is Cc1ccccc1N1[C@@H](C)c2c(c3sccc3n2C)C12CCCCC2. The van der Waals surface area contributed by atoms with Gasteiger partial charge in [-0.25, -0.2) is 0 Å². The molecule has 1 aliphatic carbocycles. The molecule has 3 heteroatoms. The summed E-state index contributed by atoms with van der Waals surface area (Å²) < 4.78 is 4.00. The summed E-state index contributed by atoms with van der Waals surface area (Å²) in [7, 11) is 2.27. The molecule has 130 valence electrons. The number of rotatable bonds is 1. The van der Waals surface area contributed by atoms with Crippen LogP contribution in [0.5, 0.6) is 0 Å². The first kappa shape index (κ1) is 15.5. The molecular formula is C22H26N2S. The summed E-state index contributed by atoms with van der Waals surface area (Å²) in [6, 6.07) is 11.7. The molecule has 5 rings (SSSR count). The van der Waals surface area contributed by atoms with Crippen LogP contribution < -0.4 is 4.90 Å². The molecule has 3 heterocycles. The number of nitrogens with zero attached hydrogens (tertiary/aromatic N) is 2. The molecule has 2 nitrogen and oxygen atoms in total. The van der Waals surface area contributed by atoms with E-state index in [2.05, 4.69) is 66.1 Å². The van der Waals surface area contributed by atoms with Gasteiger partial charge in [0.1, 0.15) is 0 Å². The molecule has 1 aromatic carbocycles. The van der Waals surface area contributed by atoms with E-state index in [1.807, 2.05) is 11.3 Å². The molecule has 0 N–H and O–H groups in total. The second-order valence-corrected chi connectivity index (χ2v) is 8.80. The standard InChI is InChI=1S/C22H26N2S/c1-15-9-5-6-10-17(15)24-16(2)20-19(22(24)12-7-4-8-13-22)21-18(23(20)3)11-14-25-21/h5-6,9-11,14,16H,4,7-8,12-13H2,1-3H3/t16-/m0/s1. The largest absolute Gasteiger partial charge is 0.353 e. The summed E-state index contributed by atoms with van der Waals surface area (Å²) in [5.41, 5.74) is 7.63. The molecule has 0 unspecified atom stereocenters. The molecule has 2 aromatic heterocycles. The van der Waals surface area contributed by atoms with E-state index in [1.54, 1.807) is 11.3 Å². The van der Waals surface area contributed by atoms with E-state index in [0.29, 0.717) is 6.04 Å². The van der Waals surface area contributed by atoms with Gasteiger partial charge >= 0.3 is 0 Å². The third-order valence-electron chi connectivity index (χ3n) is 6.62. The van der Waals surface area contributed by atoms with Crippen LogP contribution >= 0.6 is 11.3 Å². The fourth-order valence-electron chi connectivity index (χ4n) is 5.62. The van der Waals surface area contributed by atoms with Crippen LogP contribution in [0.2, 0.25) is 0 Å². The van der Waals surface area contributed by atoms with Gasteiger partial charge in [0.05, 0.1) is 21.8 Å². The number of hydrogen-bond acceptors (Lipinski definition) is 2. The molecule has 1 spiro atoms. The number of fused-ring (bicyclic) bond motifs is 4. The number of aryl methyl sites for hydroxylation is 2. The highest BCUT2D eigenvalue weighted by Gasteiger charge is 2.52. The van der Waals surface area contributed by atoms with Crippen LogP contribution in [-0.2, 0) is 12.6 Å². The predicted molar refractivity (Wildman–Crippen MR) is 108 cm³/mol. The zero-order chi connectivity index (χ0) is 17.2. The quantitative estimate of drug-likeness (QED) is 0.501. The smallest absolute Gasteiger partial charge is 0.0693 e. The lowest BCUT2D eigenvalue weighted by Crippen LogP contribution is -2.44. The van der Waals surface area contributed by atoms with Crippen molar-refractivity contribution in [2.75, 3.05) is 4.90 Å². The van der Waals surface area contributed by atoms with Gasteiger partial charge in [-0.15, -0.1) is 11.3 Å². The molecule has 0 saturated heterocycles. The molecule has 0 bridgehead atoms. The van der Waals surface area contributed by atoms with E-state index >= 15 is 0 Å². The van der Waals surface area contributed by atoms with Crippen LogP contribution in [0.3, 0.4) is 0 Å². The van der Waals surface area contributed by atoms with Crippen molar-refractivity contribution in [1.82, 2.24) is 4.57 Å². The summed E-state index contributed by atoms with van der Waals surface area (Å²) >= 11 is 1.94. The summed E-state index contributed by atoms with van der Waals surface area (Å²) in [6.45, 7) is 4.68. The van der Waals surface area contributed by atoms with E-state index in [1.165, 1.54) is 53.6 Å². The van der Waals surface area contributed by atoms with Gasteiger partial charge in [0, 0.05) is 24.0 Å². The van der Waals surface area contributed by atoms with Crippen molar-refractivity contribution in [2.45, 2.75) is 57.5 Å². The van der Waals surface area contributed by atoms with Crippen LogP contribution in [0.15, 0.2) is 35.7 Å². The Kier molecular flexibility index (Phi) is 3.34. The molecule has 1 atom stereocenters. The molecule has 25 heavy (non-hydrogen) atoms. The van der Waals surface area contributed by atoms with E-state index in [0.717, 1.165) is 0 Å². The maximum atomic E-state index is 2.78. The van der Waals surface area contributed by atoms with Crippen molar-refractivity contribution in [2.24, 2.45) is 7.05 Å². The molecular weight excluding hydrogens is 324 g/mol. The molecule has 3 aromatic rings. The lowest BCUT2D eigenvalue weighted by atomic mass is 9.77. The average Bonchev–Trinajstić information content (AvgIpc) is 3.25. The molecule has 0 amide bonds. The van der Waals surface area contributed by atoms with Gasteiger partial charge in [0.15, 0.2) is 0 Å². The van der Waals surface area contributed by atoms with Crippen molar-refractivity contribution < 1.29 is 0 Å². The van der Waals surface area contributed by atoms with E-state index in [-0.39, 0.29) is 5.54 Å². The molecule has 2 aliphatic rings. The minimum absolute atomic E-state index is 0.184. The van der Waals surface area contributed by atoms with E-state index in [9.17, 15) is 0 Å². The first-order chi connectivity index (χ1) is 12.1. The lowest BCUT2D eigenvalue weighted by molar-refractivity contribution is 0.285. The van der Waals surface area contributed by atoms with Crippen molar-refractivity contribution >= 4 is 27.2 Å². The van der Waals surface area contributed by atoms with Crippen LogP contribution in [-0.4, -0.2) is 4.57 Å². The topological polar surface area (TPSA) is 8.17 Å². The maximum Gasteiger partial charge on any atom is 0.0693 e. The maximum absolute atomic E-state index is 2.78. The van der Waals surface area contributed by atoms with E-state index in [4.69, 9.17) is 0 Å². The number of thiophene rings is 1. The average molecular weight is 351 g/mol. The van der Waals surface area contributed by atoms with Crippen molar-refractivity contribution in [3.8, 4) is 0 Å². The zero-order valence-corrected chi connectivity index (χ0v) is 16.2. The monoisotopic (exact) mass is 350 g/mol. The van der Waals surface area contributed by atoms with Crippen LogP contribution in [0.1, 0.15) is 61.9 Å². The Balaban J connectivity index is 1.81. The third kappa shape index (κ3) is 1.90. The number of para-hydroxylation sites is 1. The normalized spacial score (nSPS) is 22.0. The number of aromatic nitrogens is 1. The highest BCUT2D eigenvalue weighted by molar-refractivity contribution is 7.17. The fourth-order valence-corrected chi connectivity index (χ4v) is 6.69. The van der Waals surface area contributed by atoms with Gasteiger partial charge in [0.25, 0.3) is 0 Å². The van der Waals surface area contributed by atoms with Crippen molar-refractivity contribution in [3.05, 3.63) is 52.5 Å². The van der Waals surface area contributed by atoms with Gasteiger partial charge < -0.3 is 9.47 Å². The van der Waals surface area contributed by atoms with Gasteiger partial charge in [-0.2, -0.15) is 0 Å². The summed E-state index contributed by atoms with van der Waals surface area (Å²) in [4.78, 5) is 2.78. The third-order valence-corrected chi connectivity index (χ3v) is 7.54. The second kappa shape index (κ2) is 5.38. The summed E-state index contributed by atoms with van der Waals surface area (Å²) in [5, 5.41) is 2.27. The number of benzene rings is 1. The van der Waals surface area contributed by atoms with Crippen LogP contribution in [0, 0.1) is 6.92 Å². The minimum atomic E-state index is 0.184. The lowest BCUT2D eigenvalue weighted by Gasteiger charge is -2.46. The van der Waals surface area contributed by atoms with Crippen LogP contribution in [0.4, 0.5) is 5.69 Å². The van der Waals surface area contributed by atoms with Gasteiger partial charge in [-0.3, -0.25) is 0 Å². The minimum Gasteiger partial charge on any atom is -0.353 e. The Bertz CT molecular complexity index is 942. The molecule has 1 fully saturated rings. The van der Waals surface area contributed by atoms with Gasteiger partial charge in [-0.1, -0.05) is 37.5 Å². The molecule has 0 radical (unpaired) electrons. The predicted octanol–water partition coefficient (Wildman–Crippen LogP) is 6.29. The van der Waals surface area contributed by atoms with Gasteiger partial charge in [0.2, 0.25) is 0 Å². The van der Waals surface area contributed by atoms with Crippen molar-refractivity contribution in [3.63, 3.8) is 0 Å². The number of anilines is 1. The Morgan fingerprint density at radius 3 is 2.60 bits per heavy atom.